The molecule has 6 nitrogen and oxygen atoms in total. The number of carbonyl (C=O) groups excluding carboxylic acids is 4. The first-order valence-corrected chi connectivity index (χ1v) is 8.12. The highest BCUT2D eigenvalue weighted by Crippen LogP contribution is 2.16. The lowest BCUT2D eigenvalue weighted by Gasteiger charge is -2.06. The second-order valence-electron chi connectivity index (χ2n) is 5.04. The number of halogens is 2. The fourth-order valence-electron chi connectivity index (χ4n) is 1.88. The van der Waals surface area contributed by atoms with Gasteiger partial charge < -0.3 is 9.47 Å². The fraction of sp³-hybridized carbons (Fsp3) is 0.111. The first kappa shape index (κ1) is 19.6. The van der Waals surface area contributed by atoms with Gasteiger partial charge in [0, 0.05) is 11.1 Å². The first-order valence-electron chi connectivity index (χ1n) is 7.36. The molecule has 0 heterocycles. The maximum absolute atomic E-state index is 11.7. The summed E-state index contributed by atoms with van der Waals surface area (Å²) in [4.78, 5) is 45.3. The lowest BCUT2D eigenvalue weighted by atomic mass is 10.2. The third-order valence-corrected chi connectivity index (χ3v) is 3.60. The number of carbonyl (C=O) groups is 4. The van der Waals surface area contributed by atoms with Crippen LogP contribution < -0.4 is 9.47 Å². The van der Waals surface area contributed by atoms with Gasteiger partial charge in [0.15, 0.2) is 0 Å². The molecule has 0 aliphatic rings. The Morgan fingerprint density at radius 3 is 1.19 bits per heavy atom. The molecule has 0 aliphatic heterocycles. The van der Waals surface area contributed by atoms with Crippen molar-refractivity contribution in [3.8, 4) is 11.5 Å². The van der Waals surface area contributed by atoms with Crippen LogP contribution in [-0.4, -0.2) is 22.4 Å². The third-order valence-electron chi connectivity index (χ3n) is 3.16. The van der Waals surface area contributed by atoms with E-state index < -0.39 is 22.4 Å². The summed E-state index contributed by atoms with van der Waals surface area (Å²) < 4.78 is 10.1. The van der Waals surface area contributed by atoms with E-state index in [1.807, 2.05) is 0 Å². The number of hydrogen-bond donors (Lipinski definition) is 0. The van der Waals surface area contributed by atoms with E-state index in [0.717, 1.165) is 0 Å². The summed E-state index contributed by atoms with van der Waals surface area (Å²) in [7, 11) is 0. The molecule has 0 spiro atoms. The lowest BCUT2D eigenvalue weighted by Crippen LogP contribution is -2.14. The van der Waals surface area contributed by atoms with E-state index in [1.54, 1.807) is 0 Å². The zero-order valence-electron chi connectivity index (χ0n) is 13.2. The van der Waals surface area contributed by atoms with Gasteiger partial charge in [-0.1, -0.05) is 0 Å². The maximum Gasteiger partial charge on any atom is 0.311 e. The Labute approximate surface area is 158 Å². The molecule has 0 bridgehead atoms. The number of esters is 2. The monoisotopic (exact) mass is 394 g/mol. The molecular formula is C18H12Cl2O6. The fourth-order valence-corrected chi connectivity index (χ4v) is 2.13. The highest BCUT2D eigenvalue weighted by molar-refractivity contribution is 6.68. The van der Waals surface area contributed by atoms with E-state index in [-0.39, 0.29) is 35.5 Å². The molecule has 2 rings (SSSR count). The van der Waals surface area contributed by atoms with E-state index in [2.05, 4.69) is 0 Å². The van der Waals surface area contributed by atoms with Crippen molar-refractivity contribution in [2.45, 2.75) is 12.8 Å². The van der Waals surface area contributed by atoms with E-state index in [4.69, 9.17) is 32.7 Å². The molecule has 0 aliphatic carbocycles. The highest BCUT2D eigenvalue weighted by atomic mass is 35.5. The van der Waals surface area contributed by atoms with Crippen molar-refractivity contribution in [1.82, 2.24) is 0 Å². The molecule has 2 aromatic rings. The minimum absolute atomic E-state index is 0.187. The molecular weight excluding hydrogens is 383 g/mol. The van der Waals surface area contributed by atoms with Gasteiger partial charge in [-0.05, 0) is 71.7 Å². The molecule has 0 radical (unpaired) electrons. The summed E-state index contributed by atoms with van der Waals surface area (Å²) in [5.74, 6) is -0.803. The zero-order valence-corrected chi connectivity index (χ0v) is 14.8. The lowest BCUT2D eigenvalue weighted by molar-refractivity contribution is -0.140. The molecule has 2 aromatic carbocycles. The van der Waals surface area contributed by atoms with Gasteiger partial charge in [-0.2, -0.15) is 0 Å². The molecule has 0 fully saturated rings. The van der Waals surface area contributed by atoms with E-state index in [1.165, 1.54) is 48.5 Å². The quantitative estimate of drug-likeness (QED) is 0.403. The van der Waals surface area contributed by atoms with E-state index in [0.29, 0.717) is 0 Å². The van der Waals surface area contributed by atoms with Gasteiger partial charge >= 0.3 is 11.9 Å². The Balaban J connectivity index is 1.80. The van der Waals surface area contributed by atoms with Gasteiger partial charge in [0.2, 0.25) is 0 Å². The van der Waals surface area contributed by atoms with Crippen LogP contribution in [0.15, 0.2) is 48.5 Å². The molecule has 8 heteroatoms. The van der Waals surface area contributed by atoms with Crippen molar-refractivity contribution >= 4 is 45.6 Å². The van der Waals surface area contributed by atoms with Crippen LogP contribution in [0, 0.1) is 0 Å². The molecule has 134 valence electrons. The van der Waals surface area contributed by atoms with Crippen LogP contribution in [-0.2, 0) is 9.59 Å². The smallest absolute Gasteiger partial charge is 0.311 e. The number of benzene rings is 2. The van der Waals surface area contributed by atoms with Crippen LogP contribution in [0.1, 0.15) is 33.6 Å². The summed E-state index contributed by atoms with van der Waals surface area (Å²) in [6.07, 6.45) is -0.374. The standard InChI is InChI=1S/C18H12Cl2O6/c19-17(23)11-1-5-13(6-2-11)25-15(21)9-10-16(22)26-14-7-3-12(4-8-14)18(20)24/h1-8H,9-10H2. The molecule has 0 saturated carbocycles. The molecule has 0 atom stereocenters. The number of rotatable bonds is 7. The normalized spacial score (nSPS) is 10.1. The first-order chi connectivity index (χ1) is 12.3. The largest absolute Gasteiger partial charge is 0.427 e. The molecule has 0 aromatic heterocycles. The molecule has 26 heavy (non-hydrogen) atoms. The average Bonchev–Trinajstić information content (AvgIpc) is 2.61. The van der Waals surface area contributed by atoms with Gasteiger partial charge in [0.1, 0.15) is 11.5 Å². The van der Waals surface area contributed by atoms with Crippen molar-refractivity contribution in [1.29, 1.82) is 0 Å². The van der Waals surface area contributed by atoms with E-state index in [9.17, 15) is 19.2 Å². The van der Waals surface area contributed by atoms with Gasteiger partial charge in [-0.15, -0.1) is 0 Å². The molecule has 0 amide bonds. The van der Waals surface area contributed by atoms with Crippen LogP contribution in [0.2, 0.25) is 0 Å². The summed E-state index contributed by atoms with van der Waals surface area (Å²) >= 11 is 10.6. The van der Waals surface area contributed by atoms with Crippen LogP contribution >= 0.6 is 23.2 Å². The van der Waals surface area contributed by atoms with Crippen LogP contribution in [0.3, 0.4) is 0 Å². The van der Waals surface area contributed by atoms with Crippen LogP contribution in [0.4, 0.5) is 0 Å². The summed E-state index contributed by atoms with van der Waals surface area (Å²) in [5.41, 5.74) is 0.550. The summed E-state index contributed by atoms with van der Waals surface area (Å²) in [6.45, 7) is 0. The van der Waals surface area contributed by atoms with Crippen molar-refractivity contribution in [3.05, 3.63) is 59.7 Å². The predicted molar refractivity (Wildman–Crippen MR) is 93.8 cm³/mol. The van der Waals surface area contributed by atoms with Gasteiger partial charge in [0.05, 0.1) is 12.8 Å². The Morgan fingerprint density at radius 1 is 0.615 bits per heavy atom. The summed E-state index contributed by atoms with van der Waals surface area (Å²) in [5, 5.41) is -1.23. The van der Waals surface area contributed by atoms with Crippen molar-refractivity contribution < 1.29 is 28.7 Å². The molecule has 0 N–H and O–H groups in total. The Hall–Kier alpha value is -2.70. The zero-order chi connectivity index (χ0) is 19.1. The summed E-state index contributed by atoms with van der Waals surface area (Å²) in [6, 6.07) is 11.4. The average molecular weight is 395 g/mol. The topological polar surface area (TPSA) is 86.7 Å². The third kappa shape index (κ3) is 5.98. The van der Waals surface area contributed by atoms with Crippen molar-refractivity contribution in [2.75, 3.05) is 0 Å². The number of hydrogen-bond acceptors (Lipinski definition) is 6. The Morgan fingerprint density at radius 2 is 0.923 bits per heavy atom. The second kappa shape index (κ2) is 9.12. The highest BCUT2D eigenvalue weighted by Gasteiger charge is 2.12. The Bertz CT molecular complexity index is 756. The predicted octanol–water partition coefficient (Wildman–Crippen LogP) is 3.74. The van der Waals surface area contributed by atoms with Crippen molar-refractivity contribution in [2.24, 2.45) is 0 Å². The van der Waals surface area contributed by atoms with Crippen molar-refractivity contribution in [3.63, 3.8) is 0 Å². The van der Waals surface area contributed by atoms with Gasteiger partial charge in [0.25, 0.3) is 10.5 Å². The van der Waals surface area contributed by atoms with Crippen LogP contribution in [0.25, 0.3) is 0 Å². The molecule has 0 saturated heterocycles. The maximum atomic E-state index is 11.7. The minimum Gasteiger partial charge on any atom is -0.427 e. The minimum atomic E-state index is -0.630. The van der Waals surface area contributed by atoms with E-state index >= 15 is 0 Å². The van der Waals surface area contributed by atoms with Crippen LogP contribution in [0.5, 0.6) is 11.5 Å². The Kier molecular flexibility index (Phi) is 6.89. The SMILES string of the molecule is O=C(CCC(=O)Oc1ccc(C(=O)Cl)cc1)Oc1ccc(C(=O)Cl)cc1. The second-order valence-corrected chi connectivity index (χ2v) is 5.73. The van der Waals surface area contributed by atoms with Gasteiger partial charge in [-0.3, -0.25) is 19.2 Å². The van der Waals surface area contributed by atoms with Gasteiger partial charge in [-0.25, -0.2) is 0 Å². The number of ether oxygens (including phenoxy) is 2. The molecule has 0 unspecified atom stereocenters.